The van der Waals surface area contributed by atoms with Crippen LogP contribution in [0.4, 0.5) is 0 Å². The lowest BCUT2D eigenvalue weighted by Gasteiger charge is -2.10. The van der Waals surface area contributed by atoms with Crippen molar-refractivity contribution in [3.8, 4) is 5.75 Å². The second-order valence-electron chi connectivity index (χ2n) is 7.04. The lowest BCUT2D eigenvalue weighted by Crippen LogP contribution is -1.97. The van der Waals surface area contributed by atoms with Crippen molar-refractivity contribution in [3.05, 3.63) is 69.4 Å². The van der Waals surface area contributed by atoms with E-state index < -0.39 is 0 Å². The minimum Gasteiger partial charge on any atom is -0.488 e. The zero-order valence-corrected chi connectivity index (χ0v) is 16.9. The summed E-state index contributed by atoms with van der Waals surface area (Å²) in [6, 6.07) is 8.68. The van der Waals surface area contributed by atoms with Crippen molar-refractivity contribution < 1.29 is 4.74 Å². The topological polar surface area (TPSA) is 9.23 Å². The zero-order valence-electron chi connectivity index (χ0n) is 16.1. The first-order chi connectivity index (χ1) is 11.9. The van der Waals surface area contributed by atoms with E-state index in [0.29, 0.717) is 6.61 Å². The average molecular weight is 355 g/mol. The van der Waals surface area contributed by atoms with Crippen LogP contribution in [0.15, 0.2) is 43.0 Å². The van der Waals surface area contributed by atoms with Gasteiger partial charge in [0.25, 0.3) is 0 Å². The van der Waals surface area contributed by atoms with Crippen LogP contribution in [0.25, 0.3) is 5.57 Å². The summed E-state index contributed by atoms with van der Waals surface area (Å²) in [4.78, 5) is 2.52. The lowest BCUT2D eigenvalue weighted by atomic mass is 10.0. The first-order valence-electron chi connectivity index (χ1n) is 8.98. The van der Waals surface area contributed by atoms with E-state index in [0.717, 1.165) is 24.2 Å². The molecule has 0 atom stereocenters. The van der Waals surface area contributed by atoms with Crippen LogP contribution < -0.4 is 4.74 Å². The third-order valence-corrected chi connectivity index (χ3v) is 5.80. The molecule has 0 unspecified atom stereocenters. The molecule has 1 nitrogen and oxygen atoms in total. The predicted octanol–water partition coefficient (Wildman–Crippen LogP) is 7.27. The SMILES string of the molecule is C=C(C)CCCCc1ccc(OCc2sc(C(=C)C)cc2C)cc1C. The first-order valence-corrected chi connectivity index (χ1v) is 9.80. The lowest BCUT2D eigenvalue weighted by molar-refractivity contribution is 0.309. The Morgan fingerprint density at radius 2 is 1.80 bits per heavy atom. The summed E-state index contributed by atoms with van der Waals surface area (Å²) in [5.74, 6) is 0.952. The molecule has 2 heteroatoms. The Morgan fingerprint density at radius 3 is 2.40 bits per heavy atom. The molecule has 0 aliphatic heterocycles. The molecule has 2 rings (SSSR count). The minimum absolute atomic E-state index is 0.626. The molecule has 134 valence electrons. The molecule has 0 bridgehead atoms. The fourth-order valence-corrected chi connectivity index (χ4v) is 3.82. The van der Waals surface area contributed by atoms with Gasteiger partial charge < -0.3 is 4.74 Å². The molecule has 0 saturated carbocycles. The van der Waals surface area contributed by atoms with E-state index >= 15 is 0 Å². The highest BCUT2D eigenvalue weighted by Gasteiger charge is 2.08. The summed E-state index contributed by atoms with van der Waals surface area (Å²) in [5, 5.41) is 0. The van der Waals surface area contributed by atoms with Crippen molar-refractivity contribution in [2.45, 2.75) is 60.0 Å². The Labute approximate surface area is 157 Å². The van der Waals surface area contributed by atoms with Crippen molar-refractivity contribution in [1.29, 1.82) is 0 Å². The summed E-state index contributed by atoms with van der Waals surface area (Å²) in [5.41, 5.74) is 6.42. The maximum atomic E-state index is 6.03. The van der Waals surface area contributed by atoms with Gasteiger partial charge in [-0.1, -0.05) is 18.2 Å². The summed E-state index contributed by atoms with van der Waals surface area (Å²) in [7, 11) is 0. The van der Waals surface area contributed by atoms with Gasteiger partial charge in [-0.05, 0) is 93.8 Å². The summed E-state index contributed by atoms with van der Waals surface area (Å²) in [6.45, 7) is 17.1. The van der Waals surface area contributed by atoms with Crippen LogP contribution in [-0.2, 0) is 13.0 Å². The first kappa shape index (κ1) is 19.5. The fraction of sp³-hybridized carbons (Fsp3) is 0.391. The average Bonchev–Trinajstić information content (AvgIpc) is 2.92. The van der Waals surface area contributed by atoms with Gasteiger partial charge in [-0.2, -0.15) is 0 Å². The third-order valence-electron chi connectivity index (χ3n) is 4.42. The minimum atomic E-state index is 0.626. The van der Waals surface area contributed by atoms with Gasteiger partial charge in [0.05, 0.1) is 0 Å². The van der Waals surface area contributed by atoms with Crippen LogP contribution in [0, 0.1) is 13.8 Å². The number of thiophene rings is 1. The Kier molecular flexibility index (Phi) is 7.07. The van der Waals surface area contributed by atoms with Crippen molar-refractivity contribution in [3.63, 3.8) is 0 Å². The van der Waals surface area contributed by atoms with Crippen LogP contribution in [0.5, 0.6) is 5.75 Å². The Hall–Kier alpha value is -1.80. The molecule has 0 radical (unpaired) electrons. The van der Waals surface area contributed by atoms with Gasteiger partial charge in [-0.3, -0.25) is 0 Å². The van der Waals surface area contributed by atoms with E-state index in [-0.39, 0.29) is 0 Å². The maximum absolute atomic E-state index is 6.03. The quantitative estimate of drug-likeness (QED) is 0.340. The van der Waals surface area contributed by atoms with Gasteiger partial charge in [0.2, 0.25) is 0 Å². The van der Waals surface area contributed by atoms with Crippen LogP contribution in [0.3, 0.4) is 0 Å². The second kappa shape index (κ2) is 9.05. The van der Waals surface area contributed by atoms with Crippen molar-refractivity contribution in [1.82, 2.24) is 0 Å². The summed E-state index contributed by atoms with van der Waals surface area (Å²) in [6.07, 6.45) is 4.69. The molecule has 0 amide bonds. The maximum Gasteiger partial charge on any atom is 0.123 e. The highest BCUT2D eigenvalue weighted by atomic mass is 32.1. The number of aryl methyl sites for hydroxylation is 3. The Morgan fingerprint density at radius 1 is 1.04 bits per heavy atom. The molecule has 25 heavy (non-hydrogen) atoms. The molecule has 0 N–H and O–H groups in total. The normalized spacial score (nSPS) is 10.7. The molecule has 2 aromatic rings. The molecule has 1 aromatic heterocycles. The van der Waals surface area contributed by atoms with E-state index in [2.05, 4.69) is 58.2 Å². The molecular formula is C23H30OS. The largest absolute Gasteiger partial charge is 0.488 e. The number of hydrogen-bond acceptors (Lipinski definition) is 2. The molecule has 0 fully saturated rings. The highest BCUT2D eigenvalue weighted by molar-refractivity contribution is 7.13. The number of benzene rings is 1. The third kappa shape index (κ3) is 5.89. The summed E-state index contributed by atoms with van der Waals surface area (Å²) >= 11 is 1.78. The number of rotatable bonds is 9. The van der Waals surface area contributed by atoms with E-state index in [1.54, 1.807) is 11.3 Å². The van der Waals surface area contributed by atoms with Crippen LogP contribution in [0.1, 0.15) is 59.6 Å². The number of hydrogen-bond donors (Lipinski definition) is 0. The van der Waals surface area contributed by atoms with Crippen molar-refractivity contribution in [2.75, 3.05) is 0 Å². The van der Waals surface area contributed by atoms with E-state index in [1.807, 2.05) is 6.92 Å². The van der Waals surface area contributed by atoms with Gasteiger partial charge in [-0.15, -0.1) is 17.9 Å². The fourth-order valence-electron chi connectivity index (χ4n) is 2.80. The van der Waals surface area contributed by atoms with Crippen molar-refractivity contribution >= 4 is 16.9 Å². The number of unbranched alkanes of at least 4 members (excludes halogenated alkanes) is 1. The molecule has 0 spiro atoms. The smallest absolute Gasteiger partial charge is 0.123 e. The van der Waals surface area contributed by atoms with Gasteiger partial charge in [0, 0.05) is 9.75 Å². The zero-order chi connectivity index (χ0) is 18.4. The summed E-state index contributed by atoms with van der Waals surface area (Å²) < 4.78 is 6.03. The molecule has 1 heterocycles. The van der Waals surface area contributed by atoms with Crippen LogP contribution in [-0.4, -0.2) is 0 Å². The monoisotopic (exact) mass is 354 g/mol. The van der Waals surface area contributed by atoms with Crippen LogP contribution >= 0.6 is 11.3 Å². The van der Waals surface area contributed by atoms with Crippen molar-refractivity contribution in [2.24, 2.45) is 0 Å². The van der Waals surface area contributed by atoms with Crippen LogP contribution in [0.2, 0.25) is 0 Å². The standard InChI is InChI=1S/C23H30OS/c1-16(2)9-7-8-10-20-11-12-21(13-18(20)5)24-15-23-19(6)14-22(25-23)17(3)4/h11-14H,1,3,7-10,15H2,2,4-6H3. The number of ether oxygens (including phenoxy) is 1. The number of allylic oxidation sites excluding steroid dienone is 2. The Balaban J connectivity index is 1.92. The highest BCUT2D eigenvalue weighted by Crippen LogP contribution is 2.28. The molecule has 0 aliphatic carbocycles. The van der Waals surface area contributed by atoms with Gasteiger partial charge in [0.15, 0.2) is 0 Å². The molecular weight excluding hydrogens is 324 g/mol. The molecule has 1 aromatic carbocycles. The Bertz CT molecular complexity index is 751. The van der Waals surface area contributed by atoms with E-state index in [4.69, 9.17) is 4.74 Å². The van der Waals surface area contributed by atoms with E-state index in [9.17, 15) is 0 Å². The van der Waals surface area contributed by atoms with E-state index in [1.165, 1.54) is 44.9 Å². The van der Waals surface area contributed by atoms with Gasteiger partial charge in [0.1, 0.15) is 12.4 Å². The molecule has 0 saturated heterocycles. The predicted molar refractivity (Wildman–Crippen MR) is 112 cm³/mol. The second-order valence-corrected chi connectivity index (χ2v) is 8.18. The molecule has 0 aliphatic rings. The van der Waals surface area contributed by atoms with Gasteiger partial charge in [-0.25, -0.2) is 0 Å². The van der Waals surface area contributed by atoms with Gasteiger partial charge >= 0.3 is 0 Å².